The smallest absolute Gasteiger partial charge is 0.161 e. The van der Waals surface area contributed by atoms with Gasteiger partial charge in [-0.25, -0.2) is 0 Å². The molecule has 0 saturated heterocycles. The minimum Gasteiger partial charge on any atom is -0.348 e. The number of carbonyl (C=O) groups is 1. The second-order valence-corrected chi connectivity index (χ2v) is 3.76. The van der Waals surface area contributed by atoms with Gasteiger partial charge in [0.25, 0.3) is 0 Å². The Labute approximate surface area is 90.5 Å². The molecule has 0 aromatic carbocycles. The molecule has 0 N–H and O–H groups in total. The molecule has 1 aliphatic heterocycles. The van der Waals surface area contributed by atoms with Gasteiger partial charge in [0, 0.05) is 25.0 Å². The molecule has 0 spiro atoms. The fraction of sp³-hybridized carbons (Fsp3) is 0.333. The van der Waals surface area contributed by atoms with Crippen molar-refractivity contribution in [3.8, 4) is 0 Å². The molecule has 0 fully saturated rings. The molecule has 1 rings (SSSR count). The molecule has 0 radical (unpaired) electrons. The Morgan fingerprint density at radius 3 is 2.53 bits per heavy atom. The highest BCUT2D eigenvalue weighted by Gasteiger charge is 2.12. The number of allylic oxidation sites excluding steroid dienone is 4. The summed E-state index contributed by atoms with van der Waals surface area (Å²) in [7, 11) is 1.90. The Kier molecular flexibility index (Phi) is 3.61. The highest BCUT2D eigenvalue weighted by molar-refractivity contribution is 6.02. The first-order chi connectivity index (χ1) is 7.02. The summed E-state index contributed by atoms with van der Waals surface area (Å²) in [6, 6.07) is 0. The average molecular weight is 204 g/mol. The van der Waals surface area contributed by atoms with Crippen molar-refractivity contribution in [1.29, 1.82) is 0 Å². The van der Waals surface area contributed by atoms with E-state index in [1.54, 1.807) is 19.3 Å². The SMILES string of the molecule is CC(=O)/C(C=C(C)C)=C1\C=NC=CN1C. The summed E-state index contributed by atoms with van der Waals surface area (Å²) < 4.78 is 0. The molecule has 0 aliphatic carbocycles. The fourth-order valence-electron chi connectivity index (χ4n) is 1.33. The lowest BCUT2D eigenvalue weighted by molar-refractivity contribution is -0.113. The average Bonchev–Trinajstić information content (AvgIpc) is 2.15. The molecule has 0 bridgehead atoms. The minimum absolute atomic E-state index is 0.0554. The second-order valence-electron chi connectivity index (χ2n) is 3.76. The van der Waals surface area contributed by atoms with E-state index in [1.807, 2.05) is 38.1 Å². The van der Waals surface area contributed by atoms with E-state index in [4.69, 9.17) is 0 Å². The fourth-order valence-corrected chi connectivity index (χ4v) is 1.33. The van der Waals surface area contributed by atoms with Gasteiger partial charge >= 0.3 is 0 Å². The van der Waals surface area contributed by atoms with Gasteiger partial charge in [0.2, 0.25) is 0 Å². The number of carbonyl (C=O) groups excluding carboxylic acids is 1. The number of hydrogen-bond acceptors (Lipinski definition) is 3. The number of Topliss-reactive ketones (excluding diaryl/α,β-unsaturated/α-hetero) is 1. The Balaban J connectivity index is 3.22. The first kappa shape index (κ1) is 11.4. The molecule has 3 heteroatoms. The second kappa shape index (κ2) is 4.73. The standard InChI is InChI=1S/C12H16N2O/c1-9(2)7-11(10(3)15)12-8-13-5-6-14(12)4/h5-8H,1-4H3/b12-11+. The van der Waals surface area contributed by atoms with Gasteiger partial charge in [0.1, 0.15) is 0 Å². The van der Waals surface area contributed by atoms with Crippen molar-refractivity contribution in [2.75, 3.05) is 7.05 Å². The van der Waals surface area contributed by atoms with Crippen LogP contribution in [0.25, 0.3) is 0 Å². The van der Waals surface area contributed by atoms with Crippen molar-refractivity contribution in [1.82, 2.24) is 4.90 Å². The molecule has 0 aromatic heterocycles. The molecule has 1 aliphatic rings. The summed E-state index contributed by atoms with van der Waals surface area (Å²) in [6.07, 6.45) is 7.12. The molecule has 0 saturated carbocycles. The van der Waals surface area contributed by atoms with E-state index >= 15 is 0 Å². The van der Waals surface area contributed by atoms with Gasteiger partial charge in [-0.3, -0.25) is 9.79 Å². The van der Waals surface area contributed by atoms with Gasteiger partial charge in [0.05, 0.1) is 11.9 Å². The van der Waals surface area contributed by atoms with E-state index < -0.39 is 0 Å². The highest BCUT2D eigenvalue weighted by Crippen LogP contribution is 2.14. The maximum absolute atomic E-state index is 11.5. The largest absolute Gasteiger partial charge is 0.348 e. The van der Waals surface area contributed by atoms with Crippen molar-refractivity contribution in [3.05, 3.63) is 35.3 Å². The van der Waals surface area contributed by atoms with Crippen LogP contribution >= 0.6 is 0 Å². The minimum atomic E-state index is 0.0554. The van der Waals surface area contributed by atoms with Crippen LogP contribution in [-0.4, -0.2) is 23.9 Å². The third kappa shape index (κ3) is 2.91. The first-order valence-corrected chi connectivity index (χ1v) is 4.85. The highest BCUT2D eigenvalue weighted by atomic mass is 16.1. The molecular formula is C12H16N2O. The van der Waals surface area contributed by atoms with E-state index in [0.717, 1.165) is 11.3 Å². The van der Waals surface area contributed by atoms with Gasteiger partial charge in [-0.1, -0.05) is 11.6 Å². The van der Waals surface area contributed by atoms with Crippen LogP contribution in [0.1, 0.15) is 20.8 Å². The van der Waals surface area contributed by atoms with Crippen LogP contribution in [0, 0.1) is 0 Å². The van der Waals surface area contributed by atoms with Gasteiger partial charge in [-0.15, -0.1) is 0 Å². The topological polar surface area (TPSA) is 32.7 Å². The van der Waals surface area contributed by atoms with Gasteiger partial charge < -0.3 is 4.90 Å². The molecule has 0 unspecified atom stereocenters. The van der Waals surface area contributed by atoms with E-state index in [0.29, 0.717) is 5.57 Å². The van der Waals surface area contributed by atoms with Crippen molar-refractivity contribution in [2.24, 2.45) is 4.99 Å². The molecule has 3 nitrogen and oxygen atoms in total. The third-order valence-electron chi connectivity index (χ3n) is 2.04. The predicted molar refractivity (Wildman–Crippen MR) is 62.5 cm³/mol. The number of nitrogens with zero attached hydrogens (tertiary/aromatic N) is 2. The monoisotopic (exact) mass is 204 g/mol. The first-order valence-electron chi connectivity index (χ1n) is 4.85. The van der Waals surface area contributed by atoms with Gasteiger partial charge in [0.15, 0.2) is 5.78 Å². The number of rotatable bonds is 2. The number of hydrogen-bond donors (Lipinski definition) is 0. The zero-order valence-electron chi connectivity index (χ0n) is 9.61. The molecule has 80 valence electrons. The van der Waals surface area contributed by atoms with Gasteiger partial charge in [-0.2, -0.15) is 0 Å². The molecule has 0 amide bonds. The lowest BCUT2D eigenvalue weighted by atomic mass is 10.1. The summed E-state index contributed by atoms with van der Waals surface area (Å²) in [4.78, 5) is 17.4. The quantitative estimate of drug-likeness (QED) is 0.646. The summed E-state index contributed by atoms with van der Waals surface area (Å²) in [5, 5.41) is 0. The van der Waals surface area contributed by atoms with Crippen LogP contribution in [0.4, 0.5) is 0 Å². The van der Waals surface area contributed by atoms with E-state index in [2.05, 4.69) is 4.99 Å². The van der Waals surface area contributed by atoms with E-state index in [9.17, 15) is 4.79 Å². The van der Waals surface area contributed by atoms with Crippen LogP contribution in [0.15, 0.2) is 40.3 Å². The van der Waals surface area contributed by atoms with Crippen molar-refractivity contribution in [3.63, 3.8) is 0 Å². The molecule has 15 heavy (non-hydrogen) atoms. The lowest BCUT2D eigenvalue weighted by Crippen LogP contribution is -2.18. The Bertz CT molecular complexity index is 382. The predicted octanol–water partition coefficient (Wildman–Crippen LogP) is 2.28. The zero-order valence-corrected chi connectivity index (χ0v) is 9.61. The Hall–Kier alpha value is -1.64. The summed E-state index contributed by atoms with van der Waals surface area (Å²) in [5.74, 6) is 0.0554. The maximum Gasteiger partial charge on any atom is 0.161 e. The van der Waals surface area contributed by atoms with Crippen LogP contribution in [0.2, 0.25) is 0 Å². The molecule has 1 heterocycles. The Morgan fingerprint density at radius 1 is 1.40 bits per heavy atom. The van der Waals surface area contributed by atoms with Crippen molar-refractivity contribution in [2.45, 2.75) is 20.8 Å². The van der Waals surface area contributed by atoms with E-state index in [1.165, 1.54) is 0 Å². The molecule has 0 aromatic rings. The van der Waals surface area contributed by atoms with Crippen LogP contribution in [-0.2, 0) is 4.79 Å². The number of aliphatic imine (C=N–C) groups is 1. The van der Waals surface area contributed by atoms with Crippen LogP contribution in [0.5, 0.6) is 0 Å². The van der Waals surface area contributed by atoms with E-state index in [-0.39, 0.29) is 5.78 Å². The molecular weight excluding hydrogens is 188 g/mol. The van der Waals surface area contributed by atoms with Crippen LogP contribution in [0.3, 0.4) is 0 Å². The van der Waals surface area contributed by atoms with Crippen LogP contribution < -0.4 is 0 Å². The Morgan fingerprint density at radius 2 is 2.07 bits per heavy atom. The number of ketones is 1. The lowest BCUT2D eigenvalue weighted by Gasteiger charge is -2.19. The van der Waals surface area contributed by atoms with Crippen molar-refractivity contribution < 1.29 is 4.79 Å². The van der Waals surface area contributed by atoms with Gasteiger partial charge in [-0.05, 0) is 20.8 Å². The summed E-state index contributed by atoms with van der Waals surface area (Å²) in [6.45, 7) is 5.51. The normalized spacial score (nSPS) is 17.7. The third-order valence-corrected chi connectivity index (χ3v) is 2.04. The molecule has 0 atom stereocenters. The zero-order chi connectivity index (χ0) is 11.4. The maximum atomic E-state index is 11.5. The van der Waals surface area contributed by atoms with Crippen molar-refractivity contribution >= 4 is 12.0 Å². The summed E-state index contributed by atoms with van der Waals surface area (Å²) >= 11 is 0. The summed E-state index contributed by atoms with van der Waals surface area (Å²) in [5.41, 5.74) is 2.64.